The van der Waals surface area contributed by atoms with Crippen molar-refractivity contribution in [2.24, 2.45) is 0 Å². The average molecular weight is 421 g/mol. The minimum absolute atomic E-state index is 0.0836. The molecule has 0 saturated heterocycles. The Hall–Kier alpha value is -3.07. The summed E-state index contributed by atoms with van der Waals surface area (Å²) in [4.78, 5) is 37.8. The number of aryl methyl sites for hydroxylation is 1. The molecule has 0 spiro atoms. The van der Waals surface area contributed by atoms with Crippen LogP contribution in [0.1, 0.15) is 38.1 Å². The van der Waals surface area contributed by atoms with E-state index in [1.54, 1.807) is 32.0 Å². The number of esters is 2. The number of anilines is 1. The van der Waals surface area contributed by atoms with Gasteiger partial charge in [0.15, 0.2) is 6.61 Å². The lowest BCUT2D eigenvalue weighted by molar-refractivity contribution is -0.119. The third-order valence-corrected chi connectivity index (χ3v) is 5.21. The van der Waals surface area contributed by atoms with E-state index in [-0.39, 0.29) is 23.7 Å². The summed E-state index contributed by atoms with van der Waals surface area (Å²) >= 11 is 1.25. The molecule has 9 heteroatoms. The lowest BCUT2D eigenvalue weighted by atomic mass is 10.1. The fraction of sp³-hybridized carbons (Fsp3) is 0.350. The maximum atomic E-state index is 12.4. The number of thiophene rings is 1. The largest absolute Gasteiger partial charge is 0.496 e. The number of rotatable bonds is 8. The molecule has 0 atom stereocenters. The first-order valence-electron chi connectivity index (χ1n) is 8.79. The Kier molecular flexibility index (Phi) is 7.60. The normalized spacial score (nSPS) is 10.2. The van der Waals surface area contributed by atoms with Crippen LogP contribution in [0.15, 0.2) is 18.2 Å². The lowest BCUT2D eigenvalue weighted by Gasteiger charge is -2.12. The number of benzene rings is 1. The van der Waals surface area contributed by atoms with Gasteiger partial charge in [-0.2, -0.15) is 0 Å². The average Bonchev–Trinajstić information content (AvgIpc) is 2.98. The van der Waals surface area contributed by atoms with Crippen LogP contribution in [-0.2, 0) is 14.3 Å². The van der Waals surface area contributed by atoms with E-state index in [0.29, 0.717) is 10.6 Å². The van der Waals surface area contributed by atoms with Crippen molar-refractivity contribution in [3.8, 4) is 11.5 Å². The molecule has 0 aliphatic rings. The predicted octanol–water partition coefficient (Wildman–Crippen LogP) is 3.35. The number of ether oxygens (including phenoxy) is 4. The summed E-state index contributed by atoms with van der Waals surface area (Å²) in [5, 5.41) is 2.97. The Morgan fingerprint density at radius 1 is 0.966 bits per heavy atom. The summed E-state index contributed by atoms with van der Waals surface area (Å²) in [6.07, 6.45) is 0. The second-order valence-electron chi connectivity index (χ2n) is 5.87. The Bertz CT molecular complexity index is 898. The topological polar surface area (TPSA) is 100 Å². The van der Waals surface area contributed by atoms with Gasteiger partial charge in [0.1, 0.15) is 22.1 Å². The van der Waals surface area contributed by atoms with Crippen molar-refractivity contribution in [3.05, 3.63) is 39.8 Å². The van der Waals surface area contributed by atoms with Gasteiger partial charge in [-0.3, -0.25) is 4.79 Å². The standard InChI is InChI=1S/C20H23NO7S/c1-6-27-19(23)16-11(2)12(3)29-18(16)21-15(22)10-28-20(24)17-13(25-4)8-7-9-14(17)26-5/h7-9H,6,10H2,1-5H3,(H,21,22). The molecule has 0 bridgehead atoms. The summed E-state index contributed by atoms with van der Waals surface area (Å²) in [6.45, 7) is 5.00. The molecule has 8 nitrogen and oxygen atoms in total. The van der Waals surface area contributed by atoms with Crippen LogP contribution in [0.2, 0.25) is 0 Å². The van der Waals surface area contributed by atoms with Crippen LogP contribution in [0.25, 0.3) is 0 Å². The van der Waals surface area contributed by atoms with E-state index in [1.165, 1.54) is 25.6 Å². The Labute approximate surface area is 172 Å². The van der Waals surface area contributed by atoms with E-state index in [4.69, 9.17) is 18.9 Å². The molecular formula is C20H23NO7S. The molecule has 1 aromatic heterocycles. The van der Waals surface area contributed by atoms with Gasteiger partial charge in [-0.15, -0.1) is 11.3 Å². The van der Waals surface area contributed by atoms with Crippen molar-refractivity contribution in [2.45, 2.75) is 20.8 Å². The van der Waals surface area contributed by atoms with Crippen LogP contribution in [-0.4, -0.2) is 45.3 Å². The first kappa shape index (κ1) is 22.2. The van der Waals surface area contributed by atoms with Gasteiger partial charge in [0, 0.05) is 4.88 Å². The molecule has 0 fully saturated rings. The number of carbonyl (C=O) groups excluding carboxylic acids is 3. The van der Waals surface area contributed by atoms with E-state index >= 15 is 0 Å². The third kappa shape index (κ3) is 5.05. The highest BCUT2D eigenvalue weighted by Crippen LogP contribution is 2.33. The molecule has 156 valence electrons. The van der Waals surface area contributed by atoms with Gasteiger partial charge in [0.05, 0.1) is 26.4 Å². The van der Waals surface area contributed by atoms with Crippen LogP contribution >= 0.6 is 11.3 Å². The van der Waals surface area contributed by atoms with Crippen molar-refractivity contribution in [1.82, 2.24) is 0 Å². The smallest absolute Gasteiger partial charge is 0.346 e. The molecule has 0 radical (unpaired) electrons. The Morgan fingerprint density at radius 2 is 1.55 bits per heavy atom. The van der Waals surface area contributed by atoms with Crippen LogP contribution in [0.4, 0.5) is 5.00 Å². The first-order chi connectivity index (χ1) is 13.8. The minimum atomic E-state index is -0.765. The molecule has 1 N–H and O–H groups in total. The summed E-state index contributed by atoms with van der Waals surface area (Å²) in [5.74, 6) is -1.33. The molecule has 0 aliphatic heterocycles. The van der Waals surface area contributed by atoms with Gasteiger partial charge in [0.25, 0.3) is 5.91 Å². The molecule has 1 heterocycles. The van der Waals surface area contributed by atoms with Gasteiger partial charge in [-0.05, 0) is 38.5 Å². The molecule has 29 heavy (non-hydrogen) atoms. The maximum Gasteiger partial charge on any atom is 0.346 e. The van der Waals surface area contributed by atoms with Gasteiger partial charge in [-0.25, -0.2) is 9.59 Å². The highest BCUT2D eigenvalue weighted by molar-refractivity contribution is 7.16. The van der Waals surface area contributed by atoms with Crippen molar-refractivity contribution in [2.75, 3.05) is 32.8 Å². The van der Waals surface area contributed by atoms with Crippen LogP contribution in [0, 0.1) is 13.8 Å². The Morgan fingerprint density at radius 3 is 2.10 bits per heavy atom. The first-order valence-corrected chi connectivity index (χ1v) is 9.60. The summed E-state index contributed by atoms with van der Waals surface area (Å²) in [7, 11) is 2.83. The van der Waals surface area contributed by atoms with Crippen molar-refractivity contribution in [3.63, 3.8) is 0 Å². The van der Waals surface area contributed by atoms with E-state index in [1.807, 2.05) is 6.92 Å². The molecule has 0 aliphatic carbocycles. The van der Waals surface area contributed by atoms with Crippen LogP contribution in [0.5, 0.6) is 11.5 Å². The fourth-order valence-electron chi connectivity index (χ4n) is 2.58. The maximum absolute atomic E-state index is 12.4. The Balaban J connectivity index is 2.11. The lowest BCUT2D eigenvalue weighted by Crippen LogP contribution is -2.22. The van der Waals surface area contributed by atoms with Crippen LogP contribution in [0.3, 0.4) is 0 Å². The number of carbonyl (C=O) groups is 3. The zero-order valence-corrected chi connectivity index (χ0v) is 17.7. The molecule has 2 rings (SSSR count). The number of amides is 1. The quantitative estimate of drug-likeness (QED) is 0.652. The second kappa shape index (κ2) is 9.92. The SMILES string of the molecule is CCOC(=O)c1c(NC(=O)COC(=O)c2c(OC)cccc2OC)sc(C)c1C. The minimum Gasteiger partial charge on any atom is -0.496 e. The predicted molar refractivity (Wildman–Crippen MR) is 108 cm³/mol. The zero-order valence-electron chi connectivity index (χ0n) is 16.9. The number of hydrogen-bond acceptors (Lipinski definition) is 8. The molecule has 1 aromatic carbocycles. The zero-order chi connectivity index (χ0) is 21.6. The van der Waals surface area contributed by atoms with E-state index in [2.05, 4.69) is 5.32 Å². The molecule has 0 unspecified atom stereocenters. The van der Waals surface area contributed by atoms with Crippen LogP contribution < -0.4 is 14.8 Å². The number of methoxy groups -OCH3 is 2. The van der Waals surface area contributed by atoms with Gasteiger partial charge in [0.2, 0.25) is 0 Å². The molecule has 1 amide bonds. The van der Waals surface area contributed by atoms with Gasteiger partial charge in [-0.1, -0.05) is 6.07 Å². The third-order valence-electron chi connectivity index (χ3n) is 4.08. The summed E-state index contributed by atoms with van der Waals surface area (Å²) < 4.78 is 20.5. The highest BCUT2D eigenvalue weighted by atomic mass is 32.1. The van der Waals surface area contributed by atoms with Gasteiger partial charge >= 0.3 is 11.9 Å². The molecular weight excluding hydrogens is 398 g/mol. The number of hydrogen-bond donors (Lipinski definition) is 1. The van der Waals surface area contributed by atoms with E-state index in [0.717, 1.165) is 10.4 Å². The van der Waals surface area contributed by atoms with E-state index < -0.39 is 24.5 Å². The van der Waals surface area contributed by atoms with Crippen molar-refractivity contribution in [1.29, 1.82) is 0 Å². The highest BCUT2D eigenvalue weighted by Gasteiger charge is 2.24. The monoisotopic (exact) mass is 421 g/mol. The molecule has 2 aromatic rings. The van der Waals surface area contributed by atoms with E-state index in [9.17, 15) is 14.4 Å². The summed E-state index contributed by atoms with van der Waals surface area (Å²) in [6, 6.07) is 4.84. The summed E-state index contributed by atoms with van der Waals surface area (Å²) in [5.41, 5.74) is 1.13. The number of nitrogens with one attached hydrogen (secondary N) is 1. The molecule has 0 saturated carbocycles. The fourth-order valence-corrected chi connectivity index (χ4v) is 3.65. The van der Waals surface area contributed by atoms with Crippen molar-refractivity contribution >= 4 is 34.2 Å². The van der Waals surface area contributed by atoms with Gasteiger partial charge < -0.3 is 24.3 Å². The second-order valence-corrected chi connectivity index (χ2v) is 7.09. The van der Waals surface area contributed by atoms with Crippen molar-refractivity contribution < 1.29 is 33.3 Å².